The van der Waals surface area contributed by atoms with E-state index in [1.807, 2.05) is 55.5 Å². The average molecular weight is 305 g/mol. The fourth-order valence-electron chi connectivity index (χ4n) is 2.57. The number of ether oxygens (including phenoxy) is 2. The van der Waals surface area contributed by atoms with Gasteiger partial charge in [-0.05, 0) is 42.8 Å². The Balaban J connectivity index is 1.59. The Bertz CT molecular complexity index is 906. The third-order valence-electron chi connectivity index (χ3n) is 3.64. The zero-order valence-electron chi connectivity index (χ0n) is 12.6. The molecule has 0 spiro atoms. The Morgan fingerprint density at radius 3 is 2.91 bits per heavy atom. The second-order valence-corrected chi connectivity index (χ2v) is 5.31. The number of nitrogens with one attached hydrogen (secondary N) is 1. The van der Waals surface area contributed by atoms with Crippen LogP contribution in [0.25, 0.3) is 10.9 Å². The van der Waals surface area contributed by atoms with Crippen LogP contribution in [0.5, 0.6) is 11.5 Å². The van der Waals surface area contributed by atoms with Gasteiger partial charge in [-0.25, -0.2) is 0 Å². The third kappa shape index (κ3) is 2.68. The van der Waals surface area contributed by atoms with Gasteiger partial charge >= 0.3 is 0 Å². The molecule has 1 N–H and O–H groups in total. The minimum absolute atomic E-state index is 0.274. The summed E-state index contributed by atoms with van der Waals surface area (Å²) in [7, 11) is 0. The van der Waals surface area contributed by atoms with Crippen molar-refractivity contribution in [1.29, 1.82) is 0 Å². The van der Waals surface area contributed by atoms with Gasteiger partial charge in [-0.15, -0.1) is 0 Å². The lowest BCUT2D eigenvalue weighted by molar-refractivity contribution is 0.174. The first kappa shape index (κ1) is 13.6. The SMILES string of the molecule is Cc1cc(N/N=C/c2ccc3c(c2)OCO3)c2ccccc2n1. The van der Waals surface area contributed by atoms with E-state index in [2.05, 4.69) is 15.5 Å². The number of benzene rings is 2. The normalized spacial score (nSPS) is 12.9. The maximum atomic E-state index is 5.36. The summed E-state index contributed by atoms with van der Waals surface area (Å²) in [6, 6.07) is 15.7. The lowest BCUT2D eigenvalue weighted by Crippen LogP contribution is -1.94. The molecule has 5 nitrogen and oxygen atoms in total. The Kier molecular flexibility index (Phi) is 3.31. The number of fused-ring (bicyclic) bond motifs is 2. The third-order valence-corrected chi connectivity index (χ3v) is 3.64. The zero-order chi connectivity index (χ0) is 15.6. The van der Waals surface area contributed by atoms with Gasteiger partial charge in [-0.2, -0.15) is 5.10 Å². The van der Waals surface area contributed by atoms with Crippen molar-refractivity contribution in [2.24, 2.45) is 5.10 Å². The van der Waals surface area contributed by atoms with Gasteiger partial charge in [0.1, 0.15) is 0 Å². The van der Waals surface area contributed by atoms with Gasteiger partial charge in [0.15, 0.2) is 11.5 Å². The molecule has 2 heterocycles. The molecule has 0 fully saturated rings. The first-order chi connectivity index (χ1) is 11.3. The van der Waals surface area contributed by atoms with Crippen LogP contribution in [0.1, 0.15) is 11.3 Å². The maximum Gasteiger partial charge on any atom is 0.231 e. The Morgan fingerprint density at radius 2 is 1.96 bits per heavy atom. The molecule has 0 amide bonds. The van der Waals surface area contributed by atoms with E-state index in [1.54, 1.807) is 6.21 Å². The van der Waals surface area contributed by atoms with Crippen LogP contribution in [0.15, 0.2) is 53.6 Å². The molecular weight excluding hydrogens is 290 g/mol. The summed E-state index contributed by atoms with van der Waals surface area (Å²) >= 11 is 0. The molecule has 1 aromatic heterocycles. The van der Waals surface area contributed by atoms with Gasteiger partial charge in [0.05, 0.1) is 17.4 Å². The predicted octanol–water partition coefficient (Wildman–Crippen LogP) is 3.72. The minimum atomic E-state index is 0.274. The number of hydrogen-bond acceptors (Lipinski definition) is 5. The number of aryl methyl sites for hydroxylation is 1. The molecule has 0 saturated carbocycles. The zero-order valence-corrected chi connectivity index (χ0v) is 12.6. The summed E-state index contributed by atoms with van der Waals surface area (Å²) in [5.74, 6) is 1.52. The van der Waals surface area contributed by atoms with Crippen LogP contribution in [0.4, 0.5) is 5.69 Å². The molecule has 2 aromatic carbocycles. The molecule has 5 heteroatoms. The van der Waals surface area contributed by atoms with Crippen LogP contribution in [-0.2, 0) is 0 Å². The molecule has 4 rings (SSSR count). The van der Waals surface area contributed by atoms with Gasteiger partial charge < -0.3 is 9.47 Å². The van der Waals surface area contributed by atoms with Crippen molar-refractivity contribution in [3.8, 4) is 11.5 Å². The van der Waals surface area contributed by atoms with E-state index < -0.39 is 0 Å². The highest BCUT2D eigenvalue weighted by Gasteiger charge is 2.12. The summed E-state index contributed by atoms with van der Waals surface area (Å²) in [5, 5.41) is 5.37. The van der Waals surface area contributed by atoms with E-state index in [0.717, 1.165) is 39.3 Å². The first-order valence-electron chi connectivity index (χ1n) is 7.35. The predicted molar refractivity (Wildman–Crippen MR) is 90.3 cm³/mol. The van der Waals surface area contributed by atoms with E-state index in [0.29, 0.717) is 0 Å². The summed E-state index contributed by atoms with van der Waals surface area (Å²) in [6.45, 7) is 2.25. The fourth-order valence-corrected chi connectivity index (χ4v) is 2.57. The van der Waals surface area contributed by atoms with E-state index in [-0.39, 0.29) is 6.79 Å². The lowest BCUT2D eigenvalue weighted by Gasteiger charge is -2.06. The van der Waals surface area contributed by atoms with Gasteiger partial charge in [0.2, 0.25) is 6.79 Å². The Labute approximate surface area is 133 Å². The Morgan fingerprint density at radius 1 is 1.09 bits per heavy atom. The van der Waals surface area contributed by atoms with E-state index >= 15 is 0 Å². The number of aromatic nitrogens is 1. The van der Waals surface area contributed by atoms with Crippen LogP contribution in [-0.4, -0.2) is 18.0 Å². The van der Waals surface area contributed by atoms with Gasteiger partial charge in [-0.1, -0.05) is 18.2 Å². The molecule has 0 aliphatic carbocycles. The maximum absolute atomic E-state index is 5.36. The van der Waals surface area contributed by atoms with E-state index in [9.17, 15) is 0 Å². The fraction of sp³-hybridized carbons (Fsp3) is 0.111. The van der Waals surface area contributed by atoms with Crippen LogP contribution < -0.4 is 14.9 Å². The quantitative estimate of drug-likeness (QED) is 0.592. The second-order valence-electron chi connectivity index (χ2n) is 5.31. The highest BCUT2D eigenvalue weighted by atomic mass is 16.7. The summed E-state index contributed by atoms with van der Waals surface area (Å²) in [5.41, 5.74) is 6.88. The molecule has 1 aliphatic rings. The second kappa shape index (κ2) is 5.61. The van der Waals surface area contributed by atoms with E-state index in [1.165, 1.54) is 0 Å². The number of anilines is 1. The number of para-hydroxylation sites is 1. The van der Waals surface area contributed by atoms with Crippen LogP contribution in [0.2, 0.25) is 0 Å². The average Bonchev–Trinajstić information content (AvgIpc) is 3.02. The highest BCUT2D eigenvalue weighted by molar-refractivity contribution is 5.92. The molecule has 0 atom stereocenters. The van der Waals surface area contributed by atoms with Gasteiger partial charge in [-0.3, -0.25) is 10.4 Å². The molecule has 0 saturated heterocycles. The van der Waals surface area contributed by atoms with Crippen molar-refractivity contribution in [3.63, 3.8) is 0 Å². The molecule has 114 valence electrons. The Hall–Kier alpha value is -3.08. The van der Waals surface area contributed by atoms with Gasteiger partial charge in [0.25, 0.3) is 0 Å². The van der Waals surface area contributed by atoms with Gasteiger partial charge in [0, 0.05) is 11.1 Å². The van der Waals surface area contributed by atoms with Crippen LogP contribution >= 0.6 is 0 Å². The molecule has 0 bridgehead atoms. The number of nitrogens with zero attached hydrogens (tertiary/aromatic N) is 2. The standard InChI is InChI=1S/C18H15N3O2/c1-12-8-16(14-4-2-3-5-15(14)20-12)21-19-10-13-6-7-17-18(9-13)23-11-22-17/h2-10H,11H2,1H3,(H,20,21)/b19-10+. The monoisotopic (exact) mass is 305 g/mol. The smallest absolute Gasteiger partial charge is 0.231 e. The summed E-state index contributed by atoms with van der Waals surface area (Å²) in [6.07, 6.45) is 1.76. The topological polar surface area (TPSA) is 55.7 Å². The molecular formula is C18H15N3O2. The first-order valence-corrected chi connectivity index (χ1v) is 7.35. The molecule has 23 heavy (non-hydrogen) atoms. The largest absolute Gasteiger partial charge is 0.454 e. The van der Waals surface area contributed by atoms with Crippen LogP contribution in [0.3, 0.4) is 0 Å². The van der Waals surface area contributed by atoms with Crippen molar-refractivity contribution >= 4 is 22.8 Å². The summed E-state index contributed by atoms with van der Waals surface area (Å²) in [4.78, 5) is 4.52. The summed E-state index contributed by atoms with van der Waals surface area (Å²) < 4.78 is 10.7. The number of pyridine rings is 1. The number of rotatable bonds is 3. The van der Waals surface area contributed by atoms with Crippen molar-refractivity contribution in [2.45, 2.75) is 6.92 Å². The number of hydrogen-bond donors (Lipinski definition) is 1. The number of hydrazone groups is 1. The van der Waals surface area contributed by atoms with Crippen LogP contribution in [0, 0.1) is 6.92 Å². The highest BCUT2D eigenvalue weighted by Crippen LogP contribution is 2.32. The lowest BCUT2D eigenvalue weighted by atomic mass is 10.1. The minimum Gasteiger partial charge on any atom is -0.454 e. The van der Waals surface area contributed by atoms with Crippen molar-refractivity contribution in [1.82, 2.24) is 4.98 Å². The molecule has 3 aromatic rings. The van der Waals surface area contributed by atoms with E-state index in [4.69, 9.17) is 9.47 Å². The molecule has 0 radical (unpaired) electrons. The van der Waals surface area contributed by atoms with Crippen molar-refractivity contribution < 1.29 is 9.47 Å². The molecule has 1 aliphatic heterocycles. The van der Waals surface area contributed by atoms with Crippen molar-refractivity contribution in [2.75, 3.05) is 12.2 Å². The van der Waals surface area contributed by atoms with Crippen molar-refractivity contribution in [3.05, 3.63) is 59.8 Å². The molecule has 0 unspecified atom stereocenters.